The first-order valence-corrected chi connectivity index (χ1v) is 6.70. The molecule has 0 aliphatic heterocycles. The second-order valence-corrected chi connectivity index (χ2v) is 4.49. The molecular formula is C14H22N4O2. The molecule has 0 heterocycles. The van der Waals surface area contributed by atoms with Crippen molar-refractivity contribution in [1.82, 2.24) is 5.32 Å². The maximum Gasteiger partial charge on any atom is 0.318 e. The zero-order valence-corrected chi connectivity index (χ0v) is 11.9. The van der Waals surface area contributed by atoms with Gasteiger partial charge < -0.3 is 21.7 Å². The quantitative estimate of drug-likeness (QED) is 0.638. The first-order valence-electron chi connectivity index (χ1n) is 6.70. The van der Waals surface area contributed by atoms with Crippen LogP contribution in [0.4, 0.5) is 16.2 Å². The van der Waals surface area contributed by atoms with Gasteiger partial charge in [0, 0.05) is 25.0 Å². The van der Waals surface area contributed by atoms with Crippen molar-refractivity contribution in [3.63, 3.8) is 0 Å². The molecule has 5 N–H and O–H groups in total. The Bertz CT molecular complexity index is 445. The number of carbonyl (C=O) groups is 2. The molecule has 1 aromatic rings. The SMILES string of the molecule is CCCC(CN)C(=O)Nc1ccc(NC(=O)NC)cc1. The summed E-state index contributed by atoms with van der Waals surface area (Å²) >= 11 is 0. The Morgan fingerprint density at radius 2 is 1.70 bits per heavy atom. The molecule has 1 atom stereocenters. The number of amides is 3. The van der Waals surface area contributed by atoms with Crippen molar-refractivity contribution in [2.24, 2.45) is 11.7 Å². The minimum atomic E-state index is -0.284. The topological polar surface area (TPSA) is 96.2 Å². The van der Waals surface area contributed by atoms with Crippen LogP contribution in [0.15, 0.2) is 24.3 Å². The van der Waals surface area contributed by atoms with Gasteiger partial charge in [0.05, 0.1) is 5.92 Å². The van der Waals surface area contributed by atoms with Gasteiger partial charge in [0.25, 0.3) is 0 Å². The van der Waals surface area contributed by atoms with Crippen LogP contribution in [-0.2, 0) is 4.79 Å². The minimum Gasteiger partial charge on any atom is -0.341 e. The molecule has 0 aliphatic rings. The fraction of sp³-hybridized carbons (Fsp3) is 0.429. The third-order valence-corrected chi connectivity index (χ3v) is 2.93. The van der Waals surface area contributed by atoms with Gasteiger partial charge in [0.15, 0.2) is 0 Å². The van der Waals surface area contributed by atoms with Gasteiger partial charge >= 0.3 is 6.03 Å². The van der Waals surface area contributed by atoms with Crippen LogP contribution in [0.3, 0.4) is 0 Å². The Morgan fingerprint density at radius 3 is 2.15 bits per heavy atom. The van der Waals surface area contributed by atoms with Crippen molar-refractivity contribution in [2.45, 2.75) is 19.8 Å². The first kappa shape index (κ1) is 16.0. The molecule has 0 radical (unpaired) electrons. The van der Waals surface area contributed by atoms with E-state index in [4.69, 9.17) is 5.73 Å². The molecule has 0 saturated heterocycles. The molecule has 0 aromatic heterocycles. The first-order chi connectivity index (χ1) is 9.60. The molecule has 6 heteroatoms. The van der Waals surface area contributed by atoms with Crippen molar-refractivity contribution >= 4 is 23.3 Å². The minimum absolute atomic E-state index is 0.0682. The summed E-state index contributed by atoms with van der Waals surface area (Å²) in [7, 11) is 1.55. The van der Waals surface area contributed by atoms with Gasteiger partial charge in [-0.2, -0.15) is 0 Å². The van der Waals surface area contributed by atoms with Crippen LogP contribution in [0.1, 0.15) is 19.8 Å². The lowest BCUT2D eigenvalue weighted by Crippen LogP contribution is -2.29. The van der Waals surface area contributed by atoms with Crippen molar-refractivity contribution in [2.75, 3.05) is 24.2 Å². The number of carbonyl (C=O) groups excluding carboxylic acids is 2. The average Bonchev–Trinajstić information content (AvgIpc) is 2.46. The lowest BCUT2D eigenvalue weighted by Gasteiger charge is -2.14. The Kier molecular flexibility index (Phi) is 6.52. The fourth-order valence-corrected chi connectivity index (χ4v) is 1.78. The Hall–Kier alpha value is -2.08. The third kappa shape index (κ3) is 4.89. The lowest BCUT2D eigenvalue weighted by molar-refractivity contribution is -0.119. The van der Waals surface area contributed by atoms with Crippen LogP contribution >= 0.6 is 0 Å². The predicted molar refractivity (Wildman–Crippen MR) is 80.6 cm³/mol. The van der Waals surface area contributed by atoms with Crippen LogP contribution < -0.4 is 21.7 Å². The van der Waals surface area contributed by atoms with Crippen molar-refractivity contribution in [1.29, 1.82) is 0 Å². The molecule has 110 valence electrons. The van der Waals surface area contributed by atoms with E-state index < -0.39 is 0 Å². The molecule has 0 spiro atoms. The van der Waals surface area contributed by atoms with E-state index in [9.17, 15) is 9.59 Å². The van der Waals surface area contributed by atoms with Gasteiger partial charge in [-0.15, -0.1) is 0 Å². The maximum absolute atomic E-state index is 12.0. The molecule has 1 unspecified atom stereocenters. The summed E-state index contributed by atoms with van der Waals surface area (Å²) in [6, 6.07) is 6.64. The van der Waals surface area contributed by atoms with Crippen LogP contribution in [0.2, 0.25) is 0 Å². The van der Waals surface area contributed by atoms with E-state index >= 15 is 0 Å². The van der Waals surface area contributed by atoms with E-state index in [1.54, 1.807) is 31.3 Å². The summed E-state index contributed by atoms with van der Waals surface area (Å²) in [5.41, 5.74) is 6.94. The number of anilines is 2. The maximum atomic E-state index is 12.0. The summed E-state index contributed by atoms with van der Waals surface area (Å²) in [6.07, 6.45) is 1.70. The second kappa shape index (κ2) is 8.16. The number of urea groups is 1. The average molecular weight is 278 g/mol. The van der Waals surface area contributed by atoms with E-state index in [1.807, 2.05) is 6.92 Å². The summed E-state index contributed by atoms with van der Waals surface area (Å²) in [6.45, 7) is 2.37. The summed E-state index contributed by atoms with van der Waals surface area (Å²) in [5, 5.41) is 7.93. The second-order valence-electron chi connectivity index (χ2n) is 4.49. The van der Waals surface area contributed by atoms with Gasteiger partial charge in [-0.05, 0) is 30.7 Å². The van der Waals surface area contributed by atoms with Crippen molar-refractivity contribution in [3.8, 4) is 0 Å². The zero-order chi connectivity index (χ0) is 15.0. The molecule has 1 aromatic carbocycles. The molecule has 3 amide bonds. The van der Waals surface area contributed by atoms with Gasteiger partial charge in [0.2, 0.25) is 5.91 Å². The smallest absolute Gasteiger partial charge is 0.318 e. The molecule has 6 nitrogen and oxygen atoms in total. The number of nitrogens with one attached hydrogen (secondary N) is 3. The number of benzene rings is 1. The highest BCUT2D eigenvalue weighted by Crippen LogP contribution is 2.15. The number of hydrogen-bond acceptors (Lipinski definition) is 3. The van der Waals surface area contributed by atoms with Gasteiger partial charge in [-0.1, -0.05) is 13.3 Å². The van der Waals surface area contributed by atoms with Crippen molar-refractivity contribution < 1.29 is 9.59 Å². The number of hydrogen-bond donors (Lipinski definition) is 4. The van der Waals surface area contributed by atoms with Gasteiger partial charge in [-0.25, -0.2) is 4.79 Å². The lowest BCUT2D eigenvalue weighted by atomic mass is 10.0. The molecular weight excluding hydrogens is 256 g/mol. The van der Waals surface area contributed by atoms with E-state index in [2.05, 4.69) is 16.0 Å². The molecule has 20 heavy (non-hydrogen) atoms. The van der Waals surface area contributed by atoms with Crippen molar-refractivity contribution in [3.05, 3.63) is 24.3 Å². The van der Waals surface area contributed by atoms with Gasteiger partial charge in [-0.3, -0.25) is 4.79 Å². The largest absolute Gasteiger partial charge is 0.341 e. The van der Waals surface area contributed by atoms with Crippen LogP contribution in [-0.4, -0.2) is 25.5 Å². The Labute approximate surface area is 119 Å². The molecule has 0 saturated carbocycles. The Balaban J connectivity index is 2.60. The van der Waals surface area contributed by atoms with E-state index in [0.717, 1.165) is 12.8 Å². The third-order valence-electron chi connectivity index (χ3n) is 2.93. The Morgan fingerprint density at radius 1 is 1.15 bits per heavy atom. The fourth-order valence-electron chi connectivity index (χ4n) is 1.78. The van der Waals surface area contributed by atoms with Gasteiger partial charge in [0.1, 0.15) is 0 Å². The highest BCUT2D eigenvalue weighted by Gasteiger charge is 2.15. The van der Waals surface area contributed by atoms with Crippen LogP contribution in [0, 0.1) is 5.92 Å². The number of rotatable bonds is 6. The molecule has 0 aliphatic carbocycles. The van der Waals surface area contributed by atoms with E-state index in [-0.39, 0.29) is 17.9 Å². The summed E-state index contributed by atoms with van der Waals surface area (Å²) in [4.78, 5) is 23.1. The normalized spacial score (nSPS) is 11.6. The highest BCUT2D eigenvalue weighted by atomic mass is 16.2. The number of nitrogens with two attached hydrogens (primary N) is 1. The molecule has 0 fully saturated rings. The van der Waals surface area contributed by atoms with E-state index in [1.165, 1.54) is 0 Å². The monoisotopic (exact) mass is 278 g/mol. The standard InChI is InChI=1S/C14H22N4O2/c1-3-4-10(9-15)13(19)17-11-5-7-12(8-6-11)18-14(20)16-2/h5-8,10H,3-4,9,15H2,1-2H3,(H,17,19)(H2,16,18,20). The summed E-state index contributed by atoms with van der Waals surface area (Å²) < 4.78 is 0. The van der Waals surface area contributed by atoms with Crippen LogP contribution in [0.5, 0.6) is 0 Å². The molecule has 1 rings (SSSR count). The molecule has 0 bridgehead atoms. The highest BCUT2D eigenvalue weighted by molar-refractivity contribution is 5.93. The predicted octanol–water partition coefficient (Wildman–Crippen LogP) is 1.75. The summed E-state index contributed by atoms with van der Waals surface area (Å²) in [5.74, 6) is -0.231. The van der Waals surface area contributed by atoms with Crippen LogP contribution in [0.25, 0.3) is 0 Å². The zero-order valence-electron chi connectivity index (χ0n) is 11.9. The van der Waals surface area contributed by atoms with E-state index in [0.29, 0.717) is 17.9 Å².